The molecule has 0 aliphatic heterocycles. The van der Waals surface area contributed by atoms with Crippen LogP contribution in [-0.2, 0) is 0 Å². The molecule has 7 heavy (non-hydrogen) atoms. The molecule has 0 saturated carbocycles. The molecule has 0 heterocycles. The highest BCUT2D eigenvalue weighted by Crippen LogP contribution is 2.33. The maximum atomic E-state index is 5.51. The molecule has 0 aromatic heterocycles. The van der Waals surface area contributed by atoms with Crippen molar-refractivity contribution in [1.29, 1.82) is 0 Å². The van der Waals surface area contributed by atoms with Crippen molar-refractivity contribution < 1.29 is 0 Å². The quantitative estimate of drug-likeness (QED) is 0.496. The Morgan fingerprint density at radius 3 is 1.57 bits per heavy atom. The van der Waals surface area contributed by atoms with Crippen molar-refractivity contribution >= 4 is 68.4 Å². The van der Waals surface area contributed by atoms with Gasteiger partial charge in [-0.2, -0.15) is 0 Å². The molecule has 0 aromatic rings. The highest BCUT2D eigenvalue weighted by Gasteiger charge is 2.23. The first-order chi connectivity index (χ1) is 2.94. The summed E-state index contributed by atoms with van der Waals surface area (Å²) in [5.74, 6) is 0. The molecule has 0 atom stereocenters. The maximum absolute atomic E-state index is 5.51. The van der Waals surface area contributed by atoms with Crippen LogP contribution in [0.3, 0.4) is 0 Å². The predicted octanol–water partition coefficient (Wildman–Crippen LogP) is 3.19. The van der Waals surface area contributed by atoms with E-state index in [1.807, 2.05) is 0 Å². The minimum Gasteiger partial charge on any atom is -0.0996 e. The average Bonchev–Trinajstić information content (AvgIpc) is 1.31. The first-order valence-corrected chi connectivity index (χ1v) is 4.70. The molecule has 0 spiro atoms. The lowest BCUT2D eigenvalue weighted by molar-refractivity contribution is 1.14. The predicted molar refractivity (Wildman–Crippen MR) is 51.6 cm³/mol. The van der Waals surface area contributed by atoms with E-state index in [1.54, 1.807) is 0 Å². The Hall–Kier alpha value is 2.04. The molecule has 0 unspecified atom stereocenters. The largest absolute Gasteiger partial charge is 0.139 e. The lowest BCUT2D eigenvalue weighted by Gasteiger charge is -2.12. The van der Waals surface area contributed by atoms with Crippen LogP contribution in [0.2, 0.25) is 0 Å². The zero-order valence-electron chi connectivity index (χ0n) is 3.30. The van der Waals surface area contributed by atoms with Crippen LogP contribution in [0.25, 0.3) is 0 Å². The second kappa shape index (κ2) is 3.27. The molecule has 0 saturated heterocycles. The van der Waals surface area contributed by atoms with E-state index in [4.69, 9.17) is 23.2 Å². The molecule has 0 aliphatic carbocycles. The fourth-order valence-corrected chi connectivity index (χ4v) is 0. The Bertz CT molecular complexity index is 56.4. The van der Waals surface area contributed by atoms with Crippen molar-refractivity contribution in [3.8, 4) is 0 Å². The molecule has 0 bridgehead atoms. The molecule has 0 N–H and O–H groups in total. The summed E-state index contributed by atoms with van der Waals surface area (Å²) >= 11 is 15.2. The molecule has 1 radical (unpaired) electrons. The Morgan fingerprint density at radius 2 is 1.57 bits per heavy atom. The van der Waals surface area contributed by atoms with Crippen molar-refractivity contribution in [2.75, 3.05) is 0 Å². The van der Waals surface area contributed by atoms with Gasteiger partial charge in [0.2, 0.25) is 0 Å². The van der Waals surface area contributed by atoms with Gasteiger partial charge in [0.1, 0.15) is 4.33 Å². The van der Waals surface area contributed by atoms with Gasteiger partial charge in [0.25, 0.3) is 0 Å². The first-order valence-electron chi connectivity index (χ1n) is 1.46. The first kappa shape index (κ1) is 9.04. The van der Waals surface area contributed by atoms with Gasteiger partial charge in [-0.15, -0.1) is 0 Å². The van der Waals surface area contributed by atoms with Crippen molar-refractivity contribution in [2.24, 2.45) is 0 Å². The monoisotopic (exact) mass is 363 g/mol. The normalized spacial score (nSPS) is 12.9. The number of hydrogen-bond acceptors (Lipinski definition) is 0. The summed E-state index contributed by atoms with van der Waals surface area (Å²) in [5.41, 5.74) is 0. The molecule has 43 valence electrons. The number of hydrogen-bond donors (Lipinski definition) is 0. The van der Waals surface area contributed by atoms with Crippen LogP contribution in [0.1, 0.15) is 0 Å². The van der Waals surface area contributed by atoms with E-state index in [-0.39, 0.29) is 1.93 Å². The van der Waals surface area contributed by atoms with Crippen LogP contribution in [0.15, 0.2) is 0 Å². The summed E-state index contributed by atoms with van der Waals surface area (Å²) in [7, 11) is 0. The summed E-state index contributed by atoms with van der Waals surface area (Å²) in [6.45, 7) is 3.49. The topological polar surface area (TPSA) is 0 Å². The van der Waals surface area contributed by atoms with Gasteiger partial charge in [-0.05, 0) is 6.92 Å². The minimum absolute atomic E-state index is 0.158. The summed E-state index contributed by atoms with van der Waals surface area (Å²) in [5, 5.41) is 0. The maximum Gasteiger partial charge on any atom is 0.139 e. The second-order valence-electron chi connectivity index (χ2n) is 1.06. The Labute approximate surface area is 80.6 Å². The fraction of sp³-hybridized carbons (Fsp3) is 0.667. The summed E-state index contributed by atoms with van der Waals surface area (Å²) in [4.78, 5) is 0. The highest BCUT2D eigenvalue weighted by molar-refractivity contribution is 14.2. The van der Waals surface area contributed by atoms with Crippen molar-refractivity contribution in [1.82, 2.24) is 0 Å². The van der Waals surface area contributed by atoms with Gasteiger partial charge in [0, 0.05) is 0 Å². The highest BCUT2D eigenvalue weighted by atomic mass is 127. The minimum atomic E-state index is -0.832. The van der Waals surface area contributed by atoms with Crippen molar-refractivity contribution in [3.63, 3.8) is 0 Å². The van der Waals surface area contributed by atoms with Crippen LogP contribution < -0.4 is 0 Å². The molecule has 0 amide bonds. The third-order valence-corrected chi connectivity index (χ3v) is 4.35. The molecule has 4 heteroatoms. The molecule has 0 fully saturated rings. The Balaban J connectivity index is 3.54. The average molecular weight is 364 g/mol. The van der Waals surface area contributed by atoms with Crippen molar-refractivity contribution in [2.45, 2.75) is 6.26 Å². The third-order valence-electron chi connectivity index (χ3n) is 0.319. The number of halogens is 4. The van der Waals surface area contributed by atoms with Gasteiger partial charge in [0.05, 0.1) is 1.93 Å². The molecule has 0 aliphatic rings. The van der Waals surface area contributed by atoms with Gasteiger partial charge in [-0.25, -0.2) is 0 Å². The standard InChI is InChI=1S/C3H3Cl2I2/c1-3(4,5)2(6)7/h2H,1H2. The molecule has 0 aromatic carbocycles. The lowest BCUT2D eigenvalue weighted by Crippen LogP contribution is -2.14. The van der Waals surface area contributed by atoms with Gasteiger partial charge < -0.3 is 0 Å². The van der Waals surface area contributed by atoms with Gasteiger partial charge in [-0.1, -0.05) is 68.4 Å². The second-order valence-corrected chi connectivity index (χ2v) is 7.48. The van der Waals surface area contributed by atoms with Crippen LogP contribution in [-0.4, -0.2) is 6.26 Å². The Morgan fingerprint density at radius 1 is 1.43 bits per heavy atom. The van der Waals surface area contributed by atoms with E-state index in [2.05, 4.69) is 52.1 Å². The van der Waals surface area contributed by atoms with Crippen LogP contribution in [0, 0.1) is 6.92 Å². The summed E-state index contributed by atoms with van der Waals surface area (Å²) in [6, 6.07) is 0. The fourth-order valence-electron chi connectivity index (χ4n) is 0. The van der Waals surface area contributed by atoms with Gasteiger partial charge in [0.15, 0.2) is 0 Å². The zero-order chi connectivity index (χ0) is 6.08. The van der Waals surface area contributed by atoms with E-state index < -0.39 is 4.33 Å². The lowest BCUT2D eigenvalue weighted by atomic mass is 10.6. The molecular weight excluding hydrogens is 361 g/mol. The smallest absolute Gasteiger partial charge is 0.0996 e. The van der Waals surface area contributed by atoms with Crippen LogP contribution in [0.4, 0.5) is 0 Å². The van der Waals surface area contributed by atoms with E-state index in [9.17, 15) is 0 Å². The molecular formula is C3H3Cl2I2. The zero-order valence-corrected chi connectivity index (χ0v) is 9.12. The molecule has 0 nitrogen and oxygen atoms in total. The third kappa shape index (κ3) is 4.54. The number of rotatable bonds is 1. The van der Waals surface area contributed by atoms with E-state index in [0.29, 0.717) is 0 Å². The van der Waals surface area contributed by atoms with E-state index in [0.717, 1.165) is 0 Å². The summed E-state index contributed by atoms with van der Waals surface area (Å²) < 4.78 is -0.674. The number of alkyl halides is 4. The Kier molecular flexibility index (Phi) is 4.22. The van der Waals surface area contributed by atoms with E-state index in [1.165, 1.54) is 0 Å². The van der Waals surface area contributed by atoms with Gasteiger partial charge in [-0.3, -0.25) is 0 Å². The van der Waals surface area contributed by atoms with Gasteiger partial charge >= 0.3 is 0 Å². The van der Waals surface area contributed by atoms with Crippen molar-refractivity contribution in [3.05, 3.63) is 6.92 Å². The van der Waals surface area contributed by atoms with E-state index >= 15 is 0 Å². The molecule has 0 rings (SSSR count). The summed E-state index contributed by atoms with van der Waals surface area (Å²) in [6.07, 6.45) is 0. The van der Waals surface area contributed by atoms with Crippen LogP contribution >= 0.6 is 68.4 Å². The van der Waals surface area contributed by atoms with Crippen LogP contribution in [0.5, 0.6) is 0 Å². The SMILES string of the molecule is [CH2]C(Cl)(Cl)C(I)I.